The molecule has 0 aliphatic carbocycles. The average Bonchev–Trinajstić information content (AvgIpc) is 3.59. The maximum atomic E-state index is 14.5. The molecule has 5 rings (SSSR count). The molecule has 2 aliphatic heterocycles. The highest BCUT2D eigenvalue weighted by Crippen LogP contribution is 2.34. The van der Waals surface area contributed by atoms with Gasteiger partial charge in [-0.1, -0.05) is 30.3 Å². The quantitative estimate of drug-likeness (QED) is 0.442. The zero-order chi connectivity index (χ0) is 24.9. The standard InChI is InChI=1S/C28H29FN2O4S/c29-24-11-5-4-10-22(24)28(33)30(17-21-9-6-15-34-21)18-27(32)31-14-12-26-23(13-16-36-26)25(31)19-35-20-7-2-1-3-8-20/h1-5,7-8,10-11,13,16,21,25H,6,9,12,14-15,17-19H2/t21-,25+/m1/s1. The molecule has 188 valence electrons. The second-order valence-electron chi connectivity index (χ2n) is 9.08. The van der Waals surface area contributed by atoms with Crippen molar-refractivity contribution in [3.05, 3.63) is 87.9 Å². The Morgan fingerprint density at radius 2 is 1.92 bits per heavy atom. The number of halogens is 1. The molecular weight excluding hydrogens is 479 g/mol. The van der Waals surface area contributed by atoms with Crippen LogP contribution in [0.1, 0.15) is 39.7 Å². The van der Waals surface area contributed by atoms with E-state index in [1.807, 2.05) is 41.8 Å². The van der Waals surface area contributed by atoms with Crippen LogP contribution in [0.2, 0.25) is 0 Å². The fourth-order valence-corrected chi connectivity index (χ4v) is 5.81. The van der Waals surface area contributed by atoms with Crippen LogP contribution in [0.3, 0.4) is 0 Å². The summed E-state index contributed by atoms with van der Waals surface area (Å²) in [6, 6.07) is 17.2. The minimum atomic E-state index is -0.595. The number of fused-ring (bicyclic) bond motifs is 1. The first-order valence-electron chi connectivity index (χ1n) is 12.3. The second kappa shape index (κ2) is 11.2. The summed E-state index contributed by atoms with van der Waals surface area (Å²) in [5, 5.41) is 2.04. The third-order valence-corrected chi connectivity index (χ3v) is 7.73. The summed E-state index contributed by atoms with van der Waals surface area (Å²) in [6.45, 7) is 1.59. The zero-order valence-corrected chi connectivity index (χ0v) is 20.8. The first kappa shape index (κ1) is 24.5. The number of carbonyl (C=O) groups is 2. The predicted molar refractivity (Wildman–Crippen MR) is 136 cm³/mol. The van der Waals surface area contributed by atoms with Gasteiger partial charge in [0.2, 0.25) is 5.91 Å². The van der Waals surface area contributed by atoms with Crippen molar-refractivity contribution in [1.29, 1.82) is 0 Å². The Kier molecular flexibility index (Phi) is 7.63. The summed E-state index contributed by atoms with van der Waals surface area (Å²) in [5.41, 5.74) is 1.05. The molecule has 6 nitrogen and oxygen atoms in total. The minimum Gasteiger partial charge on any atom is -0.491 e. The smallest absolute Gasteiger partial charge is 0.257 e. The van der Waals surface area contributed by atoms with E-state index in [2.05, 4.69) is 0 Å². The summed E-state index contributed by atoms with van der Waals surface area (Å²) in [6.07, 6.45) is 2.32. The summed E-state index contributed by atoms with van der Waals surface area (Å²) in [7, 11) is 0. The van der Waals surface area contributed by atoms with Crippen LogP contribution in [0.15, 0.2) is 66.0 Å². The molecule has 0 saturated carbocycles. The molecule has 3 heterocycles. The van der Waals surface area contributed by atoms with Gasteiger partial charge in [-0.05, 0) is 60.5 Å². The lowest BCUT2D eigenvalue weighted by molar-refractivity contribution is -0.135. The molecule has 3 aromatic rings. The molecule has 0 N–H and O–H groups in total. The SMILES string of the molecule is O=C(c1ccccc1F)N(CC(=O)N1CCc2sccc2[C@@H]1COc1ccccc1)C[C@H]1CCCO1. The van der Waals surface area contributed by atoms with Crippen molar-refractivity contribution < 1.29 is 23.5 Å². The molecule has 36 heavy (non-hydrogen) atoms. The van der Waals surface area contributed by atoms with Gasteiger partial charge < -0.3 is 19.3 Å². The van der Waals surface area contributed by atoms with Gasteiger partial charge in [0.1, 0.15) is 24.7 Å². The molecule has 1 saturated heterocycles. The van der Waals surface area contributed by atoms with Crippen molar-refractivity contribution in [2.45, 2.75) is 31.4 Å². The highest BCUT2D eigenvalue weighted by atomic mass is 32.1. The van der Waals surface area contributed by atoms with Gasteiger partial charge in [0, 0.05) is 24.6 Å². The average molecular weight is 509 g/mol. The van der Waals surface area contributed by atoms with Gasteiger partial charge >= 0.3 is 0 Å². The largest absolute Gasteiger partial charge is 0.491 e. The molecule has 2 aliphatic rings. The maximum absolute atomic E-state index is 14.5. The number of nitrogens with zero attached hydrogens (tertiary/aromatic N) is 2. The van der Waals surface area contributed by atoms with Gasteiger partial charge in [-0.2, -0.15) is 0 Å². The lowest BCUT2D eigenvalue weighted by atomic mass is 10.00. The lowest BCUT2D eigenvalue weighted by Gasteiger charge is -2.37. The Balaban J connectivity index is 1.36. The van der Waals surface area contributed by atoms with Gasteiger partial charge in [-0.3, -0.25) is 9.59 Å². The zero-order valence-electron chi connectivity index (χ0n) is 20.0. The number of hydrogen-bond donors (Lipinski definition) is 0. The number of rotatable bonds is 8. The number of hydrogen-bond acceptors (Lipinski definition) is 5. The molecule has 2 atom stereocenters. The van der Waals surface area contributed by atoms with E-state index in [0.717, 1.165) is 30.6 Å². The molecule has 2 aromatic carbocycles. The number of benzene rings is 2. The van der Waals surface area contributed by atoms with E-state index < -0.39 is 11.7 Å². The number of amides is 2. The maximum Gasteiger partial charge on any atom is 0.257 e. The second-order valence-corrected chi connectivity index (χ2v) is 10.1. The van der Waals surface area contributed by atoms with E-state index in [1.54, 1.807) is 28.4 Å². The Hall–Kier alpha value is -3.23. The van der Waals surface area contributed by atoms with Gasteiger partial charge in [0.15, 0.2) is 0 Å². The first-order valence-corrected chi connectivity index (χ1v) is 13.2. The summed E-state index contributed by atoms with van der Waals surface area (Å²) in [5.74, 6) is -0.539. The van der Waals surface area contributed by atoms with Gasteiger partial charge in [0.05, 0.1) is 17.7 Å². The van der Waals surface area contributed by atoms with E-state index in [-0.39, 0.29) is 36.7 Å². The number of thiophene rings is 1. The van der Waals surface area contributed by atoms with Crippen molar-refractivity contribution in [2.75, 3.05) is 32.8 Å². The molecule has 8 heteroatoms. The Bertz CT molecular complexity index is 1200. The van der Waals surface area contributed by atoms with Crippen LogP contribution in [-0.4, -0.2) is 60.6 Å². The fourth-order valence-electron chi connectivity index (χ4n) is 4.88. The first-order chi connectivity index (χ1) is 17.6. The van der Waals surface area contributed by atoms with Gasteiger partial charge in [-0.15, -0.1) is 11.3 Å². The topological polar surface area (TPSA) is 59.1 Å². The highest BCUT2D eigenvalue weighted by molar-refractivity contribution is 7.10. The van der Waals surface area contributed by atoms with Crippen LogP contribution >= 0.6 is 11.3 Å². The van der Waals surface area contributed by atoms with Crippen molar-refractivity contribution >= 4 is 23.2 Å². The Labute approximate surface area is 214 Å². The molecule has 1 aromatic heterocycles. The normalized spacial score (nSPS) is 19.1. The molecular formula is C28H29FN2O4S. The summed E-state index contributed by atoms with van der Waals surface area (Å²) < 4.78 is 26.3. The third kappa shape index (κ3) is 5.44. The van der Waals surface area contributed by atoms with Crippen LogP contribution in [0.4, 0.5) is 4.39 Å². The molecule has 2 amide bonds. The van der Waals surface area contributed by atoms with Crippen LogP contribution in [0.25, 0.3) is 0 Å². The lowest BCUT2D eigenvalue weighted by Crippen LogP contribution is -2.49. The van der Waals surface area contributed by atoms with E-state index in [1.165, 1.54) is 21.9 Å². The van der Waals surface area contributed by atoms with Crippen LogP contribution < -0.4 is 4.74 Å². The van der Waals surface area contributed by atoms with E-state index >= 15 is 0 Å². The van der Waals surface area contributed by atoms with Crippen LogP contribution in [0, 0.1) is 5.82 Å². The van der Waals surface area contributed by atoms with E-state index in [0.29, 0.717) is 19.8 Å². The summed E-state index contributed by atoms with van der Waals surface area (Å²) >= 11 is 1.69. The number of para-hydroxylation sites is 1. The van der Waals surface area contributed by atoms with Crippen molar-refractivity contribution in [2.24, 2.45) is 0 Å². The minimum absolute atomic E-state index is 0.0361. The van der Waals surface area contributed by atoms with Crippen molar-refractivity contribution in [3.8, 4) is 5.75 Å². The molecule has 1 fully saturated rings. The Morgan fingerprint density at radius 3 is 2.69 bits per heavy atom. The highest BCUT2D eigenvalue weighted by Gasteiger charge is 2.35. The number of carbonyl (C=O) groups excluding carboxylic acids is 2. The summed E-state index contributed by atoms with van der Waals surface area (Å²) in [4.78, 5) is 31.5. The van der Waals surface area contributed by atoms with Gasteiger partial charge in [0.25, 0.3) is 5.91 Å². The predicted octanol–water partition coefficient (Wildman–Crippen LogP) is 4.71. The third-order valence-electron chi connectivity index (χ3n) is 6.73. The van der Waals surface area contributed by atoms with Crippen LogP contribution in [-0.2, 0) is 16.0 Å². The fraction of sp³-hybridized carbons (Fsp3) is 0.357. The van der Waals surface area contributed by atoms with Gasteiger partial charge in [-0.25, -0.2) is 4.39 Å². The monoisotopic (exact) mass is 508 g/mol. The molecule has 0 radical (unpaired) electrons. The van der Waals surface area contributed by atoms with Crippen molar-refractivity contribution in [1.82, 2.24) is 9.80 Å². The molecule has 0 spiro atoms. The van der Waals surface area contributed by atoms with Crippen LogP contribution in [0.5, 0.6) is 5.75 Å². The van der Waals surface area contributed by atoms with E-state index in [4.69, 9.17) is 9.47 Å². The van der Waals surface area contributed by atoms with Crippen molar-refractivity contribution in [3.63, 3.8) is 0 Å². The Morgan fingerprint density at radius 1 is 1.11 bits per heavy atom. The number of ether oxygens (including phenoxy) is 2. The molecule has 0 bridgehead atoms. The van der Waals surface area contributed by atoms with E-state index in [9.17, 15) is 14.0 Å². The molecule has 0 unspecified atom stereocenters.